The minimum Gasteiger partial charge on any atom is -0.466 e. The minimum absolute atomic E-state index is 0.0774. The minimum atomic E-state index is -0.698. The van der Waals surface area contributed by atoms with E-state index in [1.165, 1.54) is 29.1 Å². The van der Waals surface area contributed by atoms with E-state index in [4.69, 9.17) is 9.15 Å². The standard InChI is InChI=1S/C26H19N3O6S/c1-15-22(25(31)34-2)23(16-8-4-3-5-9-16)28-24(30)21(36-26(28)27-15)14-17-12-13-20(35-17)18-10-6-7-11-19(18)29(32)33/h3-14,23H,1-2H3/b21-14-/t23-/m0/s1. The van der Waals surface area contributed by atoms with Crippen LogP contribution in [0.5, 0.6) is 0 Å². The van der Waals surface area contributed by atoms with Gasteiger partial charge in [-0.2, -0.15) is 0 Å². The second-order valence-corrected chi connectivity index (χ2v) is 8.97. The zero-order valence-electron chi connectivity index (χ0n) is 19.2. The van der Waals surface area contributed by atoms with E-state index >= 15 is 0 Å². The third-order valence-corrected chi connectivity index (χ3v) is 6.79. The molecule has 1 atom stereocenters. The number of allylic oxidation sites excluding steroid dienone is 1. The number of thiazole rings is 1. The molecular formula is C26H19N3O6S. The van der Waals surface area contributed by atoms with E-state index in [1.54, 1.807) is 43.3 Å². The summed E-state index contributed by atoms with van der Waals surface area (Å²) >= 11 is 1.17. The average Bonchev–Trinajstić information content (AvgIpc) is 3.47. The molecule has 1 aliphatic rings. The number of benzene rings is 2. The normalized spacial score (nSPS) is 15.4. The zero-order chi connectivity index (χ0) is 25.4. The van der Waals surface area contributed by atoms with Crippen LogP contribution < -0.4 is 14.9 Å². The third kappa shape index (κ3) is 3.97. The molecule has 0 unspecified atom stereocenters. The summed E-state index contributed by atoms with van der Waals surface area (Å²) in [5.74, 6) is 0.111. The number of carbonyl (C=O) groups is 1. The van der Waals surface area contributed by atoms with Crippen LogP contribution >= 0.6 is 11.3 Å². The Balaban J connectivity index is 1.64. The molecule has 0 bridgehead atoms. The van der Waals surface area contributed by atoms with E-state index in [-0.39, 0.29) is 11.2 Å². The zero-order valence-corrected chi connectivity index (χ0v) is 20.0. The number of esters is 1. The highest BCUT2D eigenvalue weighted by atomic mass is 32.1. The molecule has 2 aromatic carbocycles. The number of nitrogens with zero attached hydrogens (tertiary/aromatic N) is 3. The molecule has 2 aromatic heterocycles. The van der Waals surface area contributed by atoms with Crippen LogP contribution in [-0.2, 0) is 9.53 Å². The van der Waals surface area contributed by atoms with Crippen molar-refractivity contribution in [1.82, 2.24) is 4.57 Å². The van der Waals surface area contributed by atoms with Crippen molar-refractivity contribution in [1.29, 1.82) is 0 Å². The monoisotopic (exact) mass is 501 g/mol. The van der Waals surface area contributed by atoms with Crippen LogP contribution in [0.4, 0.5) is 5.69 Å². The number of rotatable bonds is 5. The quantitative estimate of drug-likeness (QED) is 0.234. The van der Waals surface area contributed by atoms with Gasteiger partial charge in [-0.05, 0) is 30.7 Å². The molecule has 1 aliphatic heterocycles. The van der Waals surface area contributed by atoms with Gasteiger partial charge in [0.05, 0.1) is 39.4 Å². The summed E-state index contributed by atoms with van der Waals surface area (Å²) in [7, 11) is 1.29. The molecule has 0 saturated carbocycles. The van der Waals surface area contributed by atoms with Gasteiger partial charge in [0.1, 0.15) is 11.5 Å². The van der Waals surface area contributed by atoms with Crippen LogP contribution in [0.1, 0.15) is 24.3 Å². The molecule has 3 heterocycles. The van der Waals surface area contributed by atoms with Crippen LogP contribution in [0.3, 0.4) is 0 Å². The summed E-state index contributed by atoms with van der Waals surface area (Å²) < 4.78 is 12.7. The molecule has 0 fully saturated rings. The number of para-hydroxylation sites is 1. The molecule has 0 radical (unpaired) electrons. The van der Waals surface area contributed by atoms with E-state index in [0.717, 1.165) is 5.56 Å². The number of nitro benzene ring substituents is 1. The predicted molar refractivity (Wildman–Crippen MR) is 133 cm³/mol. The van der Waals surface area contributed by atoms with Gasteiger partial charge in [-0.3, -0.25) is 19.5 Å². The van der Waals surface area contributed by atoms with Gasteiger partial charge in [-0.1, -0.05) is 53.8 Å². The molecule has 4 aromatic rings. The van der Waals surface area contributed by atoms with Gasteiger partial charge < -0.3 is 9.15 Å². The van der Waals surface area contributed by atoms with E-state index in [2.05, 4.69) is 4.99 Å². The Morgan fingerprint density at radius 3 is 2.58 bits per heavy atom. The highest BCUT2D eigenvalue weighted by Gasteiger charge is 2.33. The molecule has 0 N–H and O–H groups in total. The summed E-state index contributed by atoms with van der Waals surface area (Å²) in [4.78, 5) is 42.1. The summed E-state index contributed by atoms with van der Waals surface area (Å²) in [5, 5.41) is 11.4. The second kappa shape index (κ2) is 9.23. The first-order valence-electron chi connectivity index (χ1n) is 10.9. The Kier molecular flexibility index (Phi) is 5.95. The Labute approximate surface area is 208 Å². The van der Waals surface area contributed by atoms with Crippen molar-refractivity contribution in [2.24, 2.45) is 4.99 Å². The molecule has 9 nitrogen and oxygen atoms in total. The number of furan rings is 1. The van der Waals surface area contributed by atoms with Gasteiger partial charge in [-0.15, -0.1) is 0 Å². The highest BCUT2D eigenvalue weighted by molar-refractivity contribution is 7.07. The summed E-state index contributed by atoms with van der Waals surface area (Å²) in [6, 6.07) is 18.1. The predicted octanol–water partition coefficient (Wildman–Crippen LogP) is 3.58. The maximum absolute atomic E-state index is 13.6. The average molecular weight is 502 g/mol. The lowest BCUT2D eigenvalue weighted by Crippen LogP contribution is -2.39. The van der Waals surface area contributed by atoms with Gasteiger partial charge in [-0.25, -0.2) is 9.79 Å². The third-order valence-electron chi connectivity index (χ3n) is 5.81. The number of aromatic nitrogens is 1. The number of methoxy groups -OCH3 is 1. The lowest BCUT2D eigenvalue weighted by Gasteiger charge is -2.24. The van der Waals surface area contributed by atoms with E-state index in [1.807, 2.05) is 30.3 Å². The first-order chi connectivity index (χ1) is 17.4. The number of fused-ring (bicyclic) bond motifs is 1. The van der Waals surface area contributed by atoms with E-state index in [9.17, 15) is 19.7 Å². The smallest absolute Gasteiger partial charge is 0.338 e. The lowest BCUT2D eigenvalue weighted by molar-refractivity contribution is -0.384. The van der Waals surface area contributed by atoms with Gasteiger partial charge in [0, 0.05) is 12.1 Å². The molecule has 0 amide bonds. The molecule has 0 saturated heterocycles. The molecule has 0 aliphatic carbocycles. The number of ether oxygens (including phenoxy) is 1. The van der Waals surface area contributed by atoms with Gasteiger partial charge >= 0.3 is 5.97 Å². The Morgan fingerprint density at radius 2 is 1.86 bits per heavy atom. The topological polar surface area (TPSA) is 117 Å². The van der Waals surface area contributed by atoms with Gasteiger partial charge in [0.2, 0.25) is 0 Å². The van der Waals surface area contributed by atoms with E-state index in [0.29, 0.717) is 37.7 Å². The van der Waals surface area contributed by atoms with Crippen molar-refractivity contribution in [3.8, 4) is 11.3 Å². The molecule has 0 spiro atoms. The Morgan fingerprint density at radius 1 is 1.14 bits per heavy atom. The van der Waals surface area contributed by atoms with Gasteiger partial charge in [0.25, 0.3) is 11.2 Å². The van der Waals surface area contributed by atoms with Crippen molar-refractivity contribution in [3.05, 3.63) is 119 Å². The van der Waals surface area contributed by atoms with Crippen molar-refractivity contribution in [2.45, 2.75) is 13.0 Å². The van der Waals surface area contributed by atoms with Crippen LogP contribution in [0.2, 0.25) is 0 Å². The first-order valence-corrected chi connectivity index (χ1v) is 11.7. The van der Waals surface area contributed by atoms with Crippen molar-refractivity contribution in [2.75, 3.05) is 7.11 Å². The SMILES string of the molecule is COC(=O)C1=C(C)N=c2s/c(=C\c3ccc(-c4ccccc4[N+](=O)[O-])o3)c(=O)n2[C@H]1c1ccccc1. The molecule has 5 rings (SSSR count). The Bertz CT molecular complexity index is 1710. The maximum Gasteiger partial charge on any atom is 0.338 e. The van der Waals surface area contributed by atoms with Gasteiger partial charge in [0.15, 0.2) is 4.80 Å². The first kappa shape index (κ1) is 23.2. The maximum atomic E-state index is 13.6. The number of carbonyl (C=O) groups excluding carboxylic acids is 1. The lowest BCUT2D eigenvalue weighted by atomic mass is 9.96. The van der Waals surface area contributed by atoms with Crippen molar-refractivity contribution >= 4 is 29.1 Å². The second-order valence-electron chi connectivity index (χ2n) is 7.96. The molecule has 36 heavy (non-hydrogen) atoms. The number of hydrogen-bond acceptors (Lipinski definition) is 8. The Hall–Kier alpha value is -4.57. The van der Waals surface area contributed by atoms with Crippen molar-refractivity contribution in [3.63, 3.8) is 0 Å². The summed E-state index contributed by atoms with van der Waals surface area (Å²) in [6.45, 7) is 1.71. The van der Waals surface area contributed by atoms with Crippen LogP contribution in [0, 0.1) is 10.1 Å². The highest BCUT2D eigenvalue weighted by Crippen LogP contribution is 2.32. The molecular weight excluding hydrogens is 482 g/mol. The number of nitro groups is 1. The molecule has 180 valence electrons. The fourth-order valence-electron chi connectivity index (χ4n) is 4.19. The van der Waals surface area contributed by atoms with E-state index < -0.39 is 16.9 Å². The summed E-state index contributed by atoms with van der Waals surface area (Å²) in [5.41, 5.74) is 1.43. The van der Waals surface area contributed by atoms with Crippen LogP contribution in [-0.4, -0.2) is 22.6 Å². The summed E-state index contributed by atoms with van der Waals surface area (Å²) in [6.07, 6.45) is 1.57. The van der Waals surface area contributed by atoms with Crippen molar-refractivity contribution < 1.29 is 18.9 Å². The molecule has 10 heteroatoms. The van der Waals surface area contributed by atoms with Crippen LogP contribution in [0.25, 0.3) is 17.4 Å². The number of hydrogen-bond donors (Lipinski definition) is 0. The largest absolute Gasteiger partial charge is 0.466 e. The fourth-order valence-corrected chi connectivity index (χ4v) is 5.22. The fraction of sp³-hybridized carbons (Fsp3) is 0.115. The van der Waals surface area contributed by atoms with Crippen LogP contribution in [0.15, 0.2) is 92.2 Å².